The van der Waals surface area contributed by atoms with Crippen LogP contribution in [-0.2, 0) is 25.7 Å². The van der Waals surface area contributed by atoms with Crippen molar-refractivity contribution in [2.45, 2.75) is 45.4 Å². The van der Waals surface area contributed by atoms with Gasteiger partial charge in [-0.3, -0.25) is 4.79 Å². The Bertz CT molecular complexity index is 633. The zero-order valence-electron chi connectivity index (χ0n) is 11.7. The summed E-state index contributed by atoms with van der Waals surface area (Å²) in [5, 5.41) is 4.07. The molecule has 0 saturated carbocycles. The number of aromatic nitrogens is 2. The lowest BCUT2D eigenvalue weighted by molar-refractivity contribution is 0.0995. The van der Waals surface area contributed by atoms with Crippen LogP contribution in [0.25, 0.3) is 0 Å². The molecule has 4 heteroatoms. The van der Waals surface area contributed by atoms with E-state index >= 15 is 0 Å². The Morgan fingerprint density at radius 3 is 3.00 bits per heavy atom. The second kappa shape index (κ2) is 5.83. The Hall–Kier alpha value is -1.55. The molecule has 3 rings (SSSR count). The molecule has 1 aliphatic rings. The summed E-state index contributed by atoms with van der Waals surface area (Å²) in [6.07, 6.45) is 5.87. The van der Waals surface area contributed by atoms with Crippen LogP contribution in [0.1, 0.15) is 51.8 Å². The minimum atomic E-state index is 0.154. The van der Waals surface area contributed by atoms with Gasteiger partial charge in [0.25, 0.3) is 0 Å². The van der Waals surface area contributed by atoms with Gasteiger partial charge >= 0.3 is 0 Å². The molecular formula is C16H18N2OS. The number of hydrogen-bond acceptors (Lipinski definition) is 4. The molecule has 0 fully saturated rings. The largest absolute Gasteiger partial charge is 0.293 e. The number of aryl methyl sites for hydroxylation is 3. The number of rotatable bonds is 5. The molecule has 0 amide bonds. The lowest BCUT2D eigenvalue weighted by Gasteiger charge is -2.04. The molecule has 0 atom stereocenters. The first-order valence-corrected chi connectivity index (χ1v) is 8.00. The number of benzene rings is 1. The van der Waals surface area contributed by atoms with Crippen molar-refractivity contribution in [1.29, 1.82) is 0 Å². The maximum absolute atomic E-state index is 12.4. The number of ketones is 1. The number of hydrogen-bond donors (Lipinski definition) is 0. The Labute approximate surface area is 123 Å². The molecule has 0 saturated heterocycles. The van der Waals surface area contributed by atoms with Gasteiger partial charge in [0, 0.05) is 6.42 Å². The molecule has 1 heterocycles. The molecule has 1 aromatic heterocycles. The number of fused-ring (bicyclic) bond motifs is 1. The van der Waals surface area contributed by atoms with Crippen LogP contribution in [0.3, 0.4) is 0 Å². The number of carbonyl (C=O) groups is 1. The van der Waals surface area contributed by atoms with Crippen molar-refractivity contribution in [2.24, 2.45) is 0 Å². The van der Waals surface area contributed by atoms with Gasteiger partial charge in [-0.25, -0.2) is 0 Å². The summed E-state index contributed by atoms with van der Waals surface area (Å²) in [7, 11) is 0. The highest BCUT2D eigenvalue weighted by Crippen LogP contribution is 2.24. The van der Waals surface area contributed by atoms with Gasteiger partial charge in [0.05, 0.1) is 5.69 Å². The fourth-order valence-electron chi connectivity index (χ4n) is 2.82. The number of nitrogens with zero attached hydrogens (tertiary/aromatic N) is 2. The van der Waals surface area contributed by atoms with Crippen molar-refractivity contribution in [2.75, 3.05) is 0 Å². The average Bonchev–Trinajstić information content (AvgIpc) is 3.07. The van der Waals surface area contributed by atoms with Gasteiger partial charge in [-0.2, -0.15) is 0 Å². The predicted octanol–water partition coefficient (Wildman–Crippen LogP) is 3.40. The van der Waals surface area contributed by atoms with E-state index in [1.165, 1.54) is 35.5 Å². The van der Waals surface area contributed by atoms with Gasteiger partial charge < -0.3 is 0 Å². The third kappa shape index (κ3) is 2.66. The summed E-state index contributed by atoms with van der Waals surface area (Å²) in [5.41, 5.74) is 4.86. The third-order valence-electron chi connectivity index (χ3n) is 3.82. The summed E-state index contributed by atoms with van der Waals surface area (Å²) >= 11 is 1.23. The minimum Gasteiger partial charge on any atom is -0.293 e. The molecule has 0 radical (unpaired) electrons. The van der Waals surface area contributed by atoms with E-state index < -0.39 is 0 Å². The monoisotopic (exact) mass is 286 g/mol. The molecule has 20 heavy (non-hydrogen) atoms. The van der Waals surface area contributed by atoms with E-state index in [4.69, 9.17) is 0 Å². The number of Topliss-reactive ketones (excluding diaryl/α,β-unsaturated/α-hetero) is 1. The summed E-state index contributed by atoms with van der Waals surface area (Å²) < 4.78 is 3.93. The molecule has 3 nitrogen and oxygen atoms in total. The first kappa shape index (κ1) is 13.4. The quantitative estimate of drug-likeness (QED) is 0.791. The van der Waals surface area contributed by atoms with E-state index in [0.717, 1.165) is 35.4 Å². The molecule has 1 aliphatic carbocycles. The van der Waals surface area contributed by atoms with Crippen molar-refractivity contribution < 1.29 is 4.79 Å². The molecule has 1 aromatic carbocycles. The SMILES string of the molecule is CCCc1nnsc1C(=O)Cc1ccc2c(c1)CCC2. The van der Waals surface area contributed by atoms with Gasteiger partial charge in [-0.15, -0.1) is 5.10 Å². The molecule has 0 spiro atoms. The molecular weight excluding hydrogens is 268 g/mol. The normalized spacial score (nSPS) is 13.4. The zero-order valence-corrected chi connectivity index (χ0v) is 12.5. The second-order valence-electron chi connectivity index (χ2n) is 5.36. The summed E-state index contributed by atoms with van der Waals surface area (Å²) in [6, 6.07) is 6.48. The van der Waals surface area contributed by atoms with Gasteiger partial charge in [-0.05, 0) is 53.9 Å². The third-order valence-corrected chi connectivity index (χ3v) is 4.63. The van der Waals surface area contributed by atoms with E-state index in [-0.39, 0.29) is 5.78 Å². The Morgan fingerprint density at radius 2 is 2.15 bits per heavy atom. The van der Waals surface area contributed by atoms with E-state index in [0.29, 0.717) is 6.42 Å². The van der Waals surface area contributed by atoms with Crippen LogP contribution in [0.4, 0.5) is 0 Å². The fourth-order valence-corrected chi connectivity index (χ4v) is 3.46. The highest BCUT2D eigenvalue weighted by Gasteiger charge is 2.17. The Morgan fingerprint density at radius 1 is 1.30 bits per heavy atom. The zero-order chi connectivity index (χ0) is 13.9. The lowest BCUT2D eigenvalue weighted by atomic mass is 10.0. The van der Waals surface area contributed by atoms with Crippen molar-refractivity contribution in [3.8, 4) is 0 Å². The highest BCUT2D eigenvalue weighted by molar-refractivity contribution is 7.08. The van der Waals surface area contributed by atoms with Gasteiger partial charge in [0.1, 0.15) is 4.88 Å². The lowest BCUT2D eigenvalue weighted by Crippen LogP contribution is -2.05. The second-order valence-corrected chi connectivity index (χ2v) is 6.11. The highest BCUT2D eigenvalue weighted by atomic mass is 32.1. The number of carbonyl (C=O) groups excluding carboxylic acids is 1. The van der Waals surface area contributed by atoms with Crippen LogP contribution in [0.5, 0.6) is 0 Å². The Kier molecular flexibility index (Phi) is 3.92. The van der Waals surface area contributed by atoms with Crippen LogP contribution in [0, 0.1) is 0 Å². The standard InChI is InChI=1S/C16H18N2OS/c1-2-4-14-16(20-18-17-14)15(19)10-11-7-8-12-5-3-6-13(12)9-11/h7-9H,2-6,10H2,1H3. The van der Waals surface area contributed by atoms with Crippen LogP contribution >= 0.6 is 11.5 Å². The minimum absolute atomic E-state index is 0.154. The molecule has 0 N–H and O–H groups in total. The maximum Gasteiger partial charge on any atom is 0.180 e. The van der Waals surface area contributed by atoms with E-state index in [2.05, 4.69) is 34.7 Å². The summed E-state index contributed by atoms with van der Waals surface area (Å²) in [4.78, 5) is 13.1. The van der Waals surface area contributed by atoms with E-state index in [9.17, 15) is 4.79 Å². The van der Waals surface area contributed by atoms with Crippen molar-refractivity contribution in [3.63, 3.8) is 0 Å². The van der Waals surface area contributed by atoms with Crippen LogP contribution < -0.4 is 0 Å². The topological polar surface area (TPSA) is 42.9 Å². The van der Waals surface area contributed by atoms with Crippen LogP contribution in [-0.4, -0.2) is 15.4 Å². The van der Waals surface area contributed by atoms with Gasteiger partial charge in [0.2, 0.25) is 0 Å². The van der Waals surface area contributed by atoms with Gasteiger partial charge in [0.15, 0.2) is 5.78 Å². The molecule has 0 bridgehead atoms. The Balaban J connectivity index is 1.77. The fraction of sp³-hybridized carbons (Fsp3) is 0.438. The van der Waals surface area contributed by atoms with Crippen LogP contribution in [0.2, 0.25) is 0 Å². The summed E-state index contributed by atoms with van der Waals surface area (Å²) in [5.74, 6) is 0.154. The maximum atomic E-state index is 12.4. The first-order valence-electron chi connectivity index (χ1n) is 7.23. The van der Waals surface area contributed by atoms with Gasteiger partial charge in [-0.1, -0.05) is 36.0 Å². The first-order chi connectivity index (χ1) is 9.78. The summed E-state index contributed by atoms with van der Waals surface area (Å²) in [6.45, 7) is 2.09. The predicted molar refractivity (Wildman–Crippen MR) is 80.4 cm³/mol. The van der Waals surface area contributed by atoms with E-state index in [1.807, 2.05) is 0 Å². The molecule has 0 aliphatic heterocycles. The van der Waals surface area contributed by atoms with Crippen molar-refractivity contribution >= 4 is 17.3 Å². The van der Waals surface area contributed by atoms with Crippen LogP contribution in [0.15, 0.2) is 18.2 Å². The molecule has 104 valence electrons. The smallest absolute Gasteiger partial charge is 0.180 e. The molecule has 0 unspecified atom stereocenters. The van der Waals surface area contributed by atoms with Crippen molar-refractivity contribution in [1.82, 2.24) is 9.59 Å². The van der Waals surface area contributed by atoms with Crippen molar-refractivity contribution in [3.05, 3.63) is 45.5 Å². The average molecular weight is 286 g/mol. The van der Waals surface area contributed by atoms with E-state index in [1.54, 1.807) is 0 Å². The molecule has 2 aromatic rings.